The van der Waals surface area contributed by atoms with E-state index in [0.717, 1.165) is 11.1 Å². The van der Waals surface area contributed by atoms with Gasteiger partial charge < -0.3 is 15.3 Å². The molecule has 0 aliphatic carbocycles. The molecule has 0 saturated carbocycles. The highest BCUT2D eigenvalue weighted by Crippen LogP contribution is 2.22. The summed E-state index contributed by atoms with van der Waals surface area (Å²) in [5.74, 6) is -1.70. The number of rotatable bonds is 5. The number of benzene rings is 2. The van der Waals surface area contributed by atoms with Crippen LogP contribution in [0, 0.1) is 19.8 Å². The van der Waals surface area contributed by atoms with E-state index in [1.165, 1.54) is 0 Å². The number of carbonyl (C=O) groups is 3. The highest BCUT2D eigenvalue weighted by Gasteiger charge is 2.31. The van der Waals surface area contributed by atoms with Gasteiger partial charge in [0.2, 0.25) is 5.91 Å². The summed E-state index contributed by atoms with van der Waals surface area (Å²) in [6.45, 7) is 4.83. The quantitative estimate of drug-likeness (QED) is 0.816. The predicted molar refractivity (Wildman–Crippen MR) is 110 cm³/mol. The lowest BCUT2D eigenvalue weighted by atomic mass is 9.94. The van der Waals surface area contributed by atoms with E-state index in [9.17, 15) is 19.5 Å². The number of likely N-dealkylation sites (tertiary alicyclic amines) is 1. The van der Waals surface area contributed by atoms with Gasteiger partial charge in [-0.25, -0.2) is 4.79 Å². The molecule has 6 nitrogen and oxygen atoms in total. The van der Waals surface area contributed by atoms with Crippen molar-refractivity contribution in [3.05, 3.63) is 70.8 Å². The number of nitrogens with one attached hydrogen (secondary N) is 1. The molecule has 152 valence electrons. The van der Waals surface area contributed by atoms with Gasteiger partial charge in [0.15, 0.2) is 6.04 Å². The summed E-state index contributed by atoms with van der Waals surface area (Å²) in [4.78, 5) is 38.7. The summed E-state index contributed by atoms with van der Waals surface area (Å²) in [6.07, 6.45) is 1.04. The molecule has 0 bridgehead atoms. The summed E-state index contributed by atoms with van der Waals surface area (Å²) >= 11 is 0. The number of piperidine rings is 1. The summed E-state index contributed by atoms with van der Waals surface area (Å²) in [5.41, 5.74) is 3.25. The van der Waals surface area contributed by atoms with Gasteiger partial charge in [0, 0.05) is 24.6 Å². The molecule has 1 aliphatic rings. The molecule has 1 heterocycles. The van der Waals surface area contributed by atoms with Crippen LogP contribution in [0.2, 0.25) is 0 Å². The highest BCUT2D eigenvalue weighted by molar-refractivity contribution is 5.94. The molecule has 2 N–H and O–H groups in total. The van der Waals surface area contributed by atoms with Crippen molar-refractivity contribution in [2.75, 3.05) is 13.1 Å². The molecule has 1 saturated heterocycles. The van der Waals surface area contributed by atoms with Crippen molar-refractivity contribution in [2.24, 2.45) is 5.92 Å². The second-order valence-electron chi connectivity index (χ2n) is 7.56. The Morgan fingerprint density at radius 1 is 1.00 bits per heavy atom. The monoisotopic (exact) mass is 394 g/mol. The minimum atomic E-state index is -1.08. The lowest BCUT2D eigenvalue weighted by Gasteiger charge is -2.32. The van der Waals surface area contributed by atoms with Crippen LogP contribution in [0.3, 0.4) is 0 Å². The minimum Gasteiger partial charge on any atom is -0.479 e. The predicted octanol–water partition coefficient (Wildman–Crippen LogP) is 3.10. The lowest BCUT2D eigenvalue weighted by Crippen LogP contribution is -2.44. The molecule has 0 spiro atoms. The maximum atomic E-state index is 12.7. The van der Waals surface area contributed by atoms with Crippen molar-refractivity contribution in [1.29, 1.82) is 0 Å². The van der Waals surface area contributed by atoms with Crippen LogP contribution in [0.25, 0.3) is 0 Å². The average molecular weight is 394 g/mol. The molecule has 1 unspecified atom stereocenters. The van der Waals surface area contributed by atoms with Crippen LogP contribution >= 0.6 is 0 Å². The Balaban J connectivity index is 1.61. The van der Waals surface area contributed by atoms with E-state index in [1.54, 1.807) is 29.2 Å². The van der Waals surface area contributed by atoms with Crippen molar-refractivity contribution in [3.8, 4) is 0 Å². The molecular weight excluding hydrogens is 368 g/mol. The number of carbonyl (C=O) groups excluding carboxylic acids is 2. The molecule has 3 rings (SSSR count). The average Bonchev–Trinajstić information content (AvgIpc) is 2.74. The summed E-state index contributed by atoms with van der Waals surface area (Å²) < 4.78 is 0. The summed E-state index contributed by atoms with van der Waals surface area (Å²) in [7, 11) is 0. The first-order valence-corrected chi connectivity index (χ1v) is 9.81. The first-order chi connectivity index (χ1) is 13.9. The Kier molecular flexibility index (Phi) is 6.32. The second-order valence-corrected chi connectivity index (χ2v) is 7.56. The third-order valence-electron chi connectivity index (χ3n) is 5.57. The van der Waals surface area contributed by atoms with Crippen LogP contribution in [0.1, 0.15) is 45.9 Å². The summed E-state index contributed by atoms with van der Waals surface area (Å²) in [6, 6.07) is 13.4. The Morgan fingerprint density at radius 3 is 2.24 bits per heavy atom. The number of carboxylic acids is 1. The van der Waals surface area contributed by atoms with Crippen molar-refractivity contribution < 1.29 is 19.5 Å². The number of aryl methyl sites for hydroxylation is 2. The van der Waals surface area contributed by atoms with E-state index in [2.05, 4.69) is 5.32 Å². The SMILES string of the molecule is Cc1ccc(C(NC(=O)C2CCN(C(=O)c3ccccc3)CC2)C(=O)O)cc1C. The number of amides is 2. The molecule has 2 aromatic carbocycles. The first-order valence-electron chi connectivity index (χ1n) is 9.81. The van der Waals surface area contributed by atoms with Gasteiger partial charge in [0.05, 0.1) is 0 Å². The normalized spacial score (nSPS) is 15.6. The molecule has 6 heteroatoms. The van der Waals surface area contributed by atoms with Crippen LogP contribution in [0.4, 0.5) is 0 Å². The fraction of sp³-hybridized carbons (Fsp3) is 0.348. The Hall–Kier alpha value is -3.15. The van der Waals surface area contributed by atoms with Gasteiger partial charge >= 0.3 is 5.97 Å². The highest BCUT2D eigenvalue weighted by atomic mass is 16.4. The van der Waals surface area contributed by atoms with E-state index in [0.29, 0.717) is 37.1 Å². The van der Waals surface area contributed by atoms with Crippen LogP contribution in [0.15, 0.2) is 48.5 Å². The van der Waals surface area contributed by atoms with Crippen molar-refractivity contribution in [2.45, 2.75) is 32.7 Å². The van der Waals surface area contributed by atoms with Crippen molar-refractivity contribution in [1.82, 2.24) is 10.2 Å². The fourth-order valence-electron chi connectivity index (χ4n) is 3.60. The molecule has 1 fully saturated rings. The van der Waals surface area contributed by atoms with Gasteiger partial charge in [-0.05, 0) is 55.5 Å². The van der Waals surface area contributed by atoms with E-state index in [-0.39, 0.29) is 17.7 Å². The van der Waals surface area contributed by atoms with Gasteiger partial charge in [-0.3, -0.25) is 9.59 Å². The zero-order valence-electron chi connectivity index (χ0n) is 16.7. The topological polar surface area (TPSA) is 86.7 Å². The maximum Gasteiger partial charge on any atom is 0.330 e. The van der Waals surface area contributed by atoms with Gasteiger partial charge in [-0.2, -0.15) is 0 Å². The van der Waals surface area contributed by atoms with Crippen LogP contribution in [-0.4, -0.2) is 40.9 Å². The largest absolute Gasteiger partial charge is 0.479 e. The van der Waals surface area contributed by atoms with Crippen molar-refractivity contribution >= 4 is 17.8 Å². The lowest BCUT2D eigenvalue weighted by molar-refractivity contribution is -0.143. The first kappa shape index (κ1) is 20.6. The second kappa shape index (κ2) is 8.90. The molecule has 2 aromatic rings. The fourth-order valence-corrected chi connectivity index (χ4v) is 3.60. The molecule has 0 aromatic heterocycles. The molecule has 2 amide bonds. The number of aliphatic carboxylic acids is 1. The molecule has 29 heavy (non-hydrogen) atoms. The van der Waals surface area contributed by atoms with Crippen LogP contribution < -0.4 is 5.32 Å². The maximum absolute atomic E-state index is 12.7. The molecule has 1 atom stereocenters. The number of nitrogens with zero attached hydrogens (tertiary/aromatic N) is 1. The Morgan fingerprint density at radius 2 is 1.66 bits per heavy atom. The Bertz CT molecular complexity index is 902. The number of carboxylic acid groups (broad SMARTS) is 1. The zero-order chi connectivity index (χ0) is 21.0. The molecule has 1 aliphatic heterocycles. The molecule has 0 radical (unpaired) electrons. The van der Waals surface area contributed by atoms with E-state index >= 15 is 0 Å². The van der Waals surface area contributed by atoms with Gasteiger partial charge in [0.25, 0.3) is 5.91 Å². The van der Waals surface area contributed by atoms with Crippen molar-refractivity contribution in [3.63, 3.8) is 0 Å². The number of hydrogen-bond donors (Lipinski definition) is 2. The van der Waals surface area contributed by atoms with Gasteiger partial charge in [-0.15, -0.1) is 0 Å². The van der Waals surface area contributed by atoms with E-state index in [4.69, 9.17) is 0 Å². The van der Waals surface area contributed by atoms with Crippen LogP contribution in [0.5, 0.6) is 0 Å². The number of hydrogen-bond acceptors (Lipinski definition) is 3. The van der Waals surface area contributed by atoms with Crippen LogP contribution in [-0.2, 0) is 9.59 Å². The Labute approximate surface area is 170 Å². The minimum absolute atomic E-state index is 0.0389. The van der Waals surface area contributed by atoms with E-state index in [1.807, 2.05) is 38.1 Å². The standard InChI is InChI=1S/C23H26N2O4/c1-15-8-9-19(14-16(15)2)20(23(28)29)24-21(26)17-10-12-25(13-11-17)22(27)18-6-4-3-5-7-18/h3-9,14,17,20H,10-13H2,1-2H3,(H,24,26)(H,28,29). The third kappa shape index (κ3) is 4.83. The van der Waals surface area contributed by atoms with E-state index < -0.39 is 12.0 Å². The third-order valence-corrected chi connectivity index (χ3v) is 5.57. The molecular formula is C23H26N2O4. The summed E-state index contributed by atoms with van der Waals surface area (Å²) in [5, 5.41) is 12.3. The van der Waals surface area contributed by atoms with Gasteiger partial charge in [-0.1, -0.05) is 36.4 Å². The smallest absolute Gasteiger partial charge is 0.330 e. The zero-order valence-corrected chi connectivity index (χ0v) is 16.7. The van der Waals surface area contributed by atoms with Gasteiger partial charge in [0.1, 0.15) is 0 Å².